The van der Waals surface area contributed by atoms with Crippen LogP contribution in [0.2, 0.25) is 5.02 Å². The van der Waals surface area contributed by atoms with Crippen LogP contribution in [0.1, 0.15) is 50.0 Å². The Balaban J connectivity index is 1.44. The van der Waals surface area contributed by atoms with E-state index in [1.807, 2.05) is 31.7 Å². The van der Waals surface area contributed by atoms with E-state index in [0.717, 1.165) is 18.7 Å². The number of carbonyl (C=O) groups is 2. The van der Waals surface area contributed by atoms with Crippen LogP contribution in [-0.4, -0.2) is 102 Å². The number of aromatic nitrogens is 2. The second-order valence-corrected chi connectivity index (χ2v) is 11.0. The second kappa shape index (κ2) is 12.4. The van der Waals surface area contributed by atoms with E-state index in [1.54, 1.807) is 17.0 Å². The van der Waals surface area contributed by atoms with Crippen molar-refractivity contribution in [1.82, 2.24) is 24.9 Å². The van der Waals surface area contributed by atoms with E-state index < -0.39 is 5.60 Å². The summed E-state index contributed by atoms with van der Waals surface area (Å²) in [5.74, 6) is 1.76. The third kappa shape index (κ3) is 7.24. The average Bonchev–Trinajstić information content (AvgIpc) is 3.38. The third-order valence-corrected chi connectivity index (χ3v) is 7.52. The summed E-state index contributed by atoms with van der Waals surface area (Å²) in [6, 6.07) is 5.45. The molecule has 1 aromatic heterocycles. The van der Waals surface area contributed by atoms with E-state index >= 15 is 0 Å². The summed E-state index contributed by atoms with van der Waals surface area (Å²) in [5.41, 5.74) is -0.0632. The summed E-state index contributed by atoms with van der Waals surface area (Å²) in [7, 11) is 2.05. The molecule has 2 amide bonds. The Morgan fingerprint density at radius 1 is 1.11 bits per heavy atom. The fraction of sp³-hybridized carbons (Fsp3) is 0.630. The molecular formula is C27H38ClN5O5. The first-order valence-corrected chi connectivity index (χ1v) is 13.6. The number of carbonyl (C=O) groups excluding carboxylic acids is 2. The van der Waals surface area contributed by atoms with E-state index in [4.69, 9.17) is 25.5 Å². The predicted molar refractivity (Wildman–Crippen MR) is 142 cm³/mol. The van der Waals surface area contributed by atoms with Crippen LogP contribution in [0, 0.1) is 6.92 Å². The summed E-state index contributed by atoms with van der Waals surface area (Å²) < 4.78 is 18.0. The number of benzene rings is 1. The van der Waals surface area contributed by atoms with Gasteiger partial charge in [0.25, 0.3) is 0 Å². The Labute approximate surface area is 229 Å². The minimum absolute atomic E-state index is 0.00959. The number of rotatable bonds is 9. The lowest BCUT2D eigenvalue weighted by Gasteiger charge is -2.43. The number of hydrogen-bond donors (Lipinski definition) is 0. The molecule has 2 aliphatic heterocycles. The van der Waals surface area contributed by atoms with E-state index in [-0.39, 0.29) is 43.7 Å². The topological polar surface area (TPSA) is 101 Å². The van der Waals surface area contributed by atoms with Gasteiger partial charge in [-0.25, -0.2) is 0 Å². The van der Waals surface area contributed by atoms with Crippen LogP contribution in [0.4, 0.5) is 0 Å². The molecule has 0 radical (unpaired) electrons. The van der Waals surface area contributed by atoms with Gasteiger partial charge in [-0.15, -0.1) is 10.2 Å². The largest absolute Gasteiger partial charge is 0.490 e. The Kier molecular flexibility index (Phi) is 9.27. The molecule has 11 heteroatoms. The van der Waals surface area contributed by atoms with Gasteiger partial charge in [0.05, 0.1) is 19.6 Å². The highest BCUT2D eigenvalue weighted by molar-refractivity contribution is 6.31. The molecule has 1 atom stereocenters. The van der Waals surface area contributed by atoms with Gasteiger partial charge in [-0.2, -0.15) is 0 Å². The molecule has 2 aliphatic rings. The minimum atomic E-state index is -0.961. The van der Waals surface area contributed by atoms with Crippen molar-refractivity contribution in [1.29, 1.82) is 0 Å². The van der Waals surface area contributed by atoms with Crippen molar-refractivity contribution in [2.24, 2.45) is 0 Å². The molecule has 2 aromatic rings. The quantitative estimate of drug-likeness (QED) is 0.472. The molecule has 3 heterocycles. The van der Waals surface area contributed by atoms with E-state index in [0.29, 0.717) is 55.2 Å². The molecule has 38 heavy (non-hydrogen) atoms. The zero-order chi connectivity index (χ0) is 27.3. The Morgan fingerprint density at radius 3 is 2.55 bits per heavy atom. The van der Waals surface area contributed by atoms with Gasteiger partial charge >= 0.3 is 0 Å². The smallest absolute Gasteiger partial charge is 0.225 e. The number of morpholine rings is 1. The van der Waals surface area contributed by atoms with Gasteiger partial charge in [0.2, 0.25) is 23.6 Å². The van der Waals surface area contributed by atoms with Crippen molar-refractivity contribution in [3.63, 3.8) is 0 Å². The fourth-order valence-electron chi connectivity index (χ4n) is 4.64. The predicted octanol–water partition coefficient (Wildman–Crippen LogP) is 2.93. The number of aryl methyl sites for hydroxylation is 2. The summed E-state index contributed by atoms with van der Waals surface area (Å²) in [6.45, 7) is 10.1. The highest BCUT2D eigenvalue weighted by atomic mass is 35.5. The van der Waals surface area contributed by atoms with Gasteiger partial charge in [-0.05, 0) is 37.7 Å². The molecule has 0 saturated carbocycles. The van der Waals surface area contributed by atoms with E-state index in [9.17, 15) is 9.59 Å². The number of likely N-dealkylation sites (N-methyl/N-ethyl adjacent to an activating group) is 1. The fourth-order valence-corrected chi connectivity index (χ4v) is 4.76. The molecule has 0 bridgehead atoms. The minimum Gasteiger partial charge on any atom is -0.490 e. The van der Waals surface area contributed by atoms with Gasteiger partial charge in [0.15, 0.2) is 0 Å². The molecular weight excluding hydrogens is 510 g/mol. The van der Waals surface area contributed by atoms with Crippen LogP contribution in [0.15, 0.2) is 22.6 Å². The number of halogens is 1. The second-order valence-electron chi connectivity index (χ2n) is 10.6. The first-order valence-electron chi connectivity index (χ1n) is 13.2. The van der Waals surface area contributed by atoms with Crippen LogP contribution in [-0.2, 0) is 20.7 Å². The van der Waals surface area contributed by atoms with Crippen LogP contribution >= 0.6 is 11.6 Å². The highest BCUT2D eigenvalue weighted by Gasteiger charge is 2.42. The van der Waals surface area contributed by atoms with Crippen molar-refractivity contribution in [3.05, 3.63) is 40.6 Å². The van der Waals surface area contributed by atoms with E-state index in [2.05, 4.69) is 22.1 Å². The van der Waals surface area contributed by atoms with Crippen LogP contribution in [0.25, 0.3) is 0 Å². The maximum atomic E-state index is 13.4. The van der Waals surface area contributed by atoms with Gasteiger partial charge in [0, 0.05) is 56.5 Å². The molecule has 0 aliphatic carbocycles. The summed E-state index contributed by atoms with van der Waals surface area (Å²) in [5, 5.41) is 8.76. The molecule has 4 rings (SSSR count). The van der Waals surface area contributed by atoms with Crippen molar-refractivity contribution in [2.75, 3.05) is 59.5 Å². The molecule has 0 unspecified atom stereocenters. The normalized spacial score (nSPS) is 20.7. The van der Waals surface area contributed by atoms with E-state index in [1.165, 1.54) is 0 Å². The molecule has 208 valence electrons. The molecule has 1 aromatic carbocycles. The third-order valence-electron chi connectivity index (χ3n) is 7.09. The maximum Gasteiger partial charge on any atom is 0.225 e. The molecule has 10 nitrogen and oxygen atoms in total. The maximum absolute atomic E-state index is 13.4. The molecule has 0 spiro atoms. The standard InChI is InChI=1S/C27H38ClN5O5/c1-19(2)26-30-29-23(38-26)7-8-24(34)33-13-14-37-27(17-33,16-25(35)32-11-9-31(4)10-12-32)18-36-21-5-6-22(28)20(3)15-21/h5-6,15,19H,7-14,16-18H2,1-4H3/t27-/m0/s1. The lowest BCUT2D eigenvalue weighted by atomic mass is 9.96. The van der Waals surface area contributed by atoms with Gasteiger partial charge < -0.3 is 28.6 Å². The number of hydrogen-bond acceptors (Lipinski definition) is 8. The van der Waals surface area contributed by atoms with Crippen molar-refractivity contribution < 1.29 is 23.5 Å². The Bertz CT molecular complexity index is 1120. The van der Waals surface area contributed by atoms with Crippen molar-refractivity contribution >= 4 is 23.4 Å². The van der Waals surface area contributed by atoms with Crippen LogP contribution in [0.3, 0.4) is 0 Å². The summed E-state index contributed by atoms with van der Waals surface area (Å²) in [4.78, 5) is 32.4. The molecule has 0 N–H and O–H groups in total. The lowest BCUT2D eigenvalue weighted by Crippen LogP contribution is -2.59. The zero-order valence-electron chi connectivity index (χ0n) is 22.7. The summed E-state index contributed by atoms with van der Waals surface area (Å²) in [6.07, 6.45) is 0.734. The number of piperazine rings is 1. The molecule has 2 fully saturated rings. The zero-order valence-corrected chi connectivity index (χ0v) is 23.5. The Hall–Kier alpha value is -2.69. The Morgan fingerprint density at radius 2 is 1.87 bits per heavy atom. The summed E-state index contributed by atoms with van der Waals surface area (Å²) >= 11 is 6.17. The van der Waals surface area contributed by atoms with Gasteiger partial charge in [-0.1, -0.05) is 25.4 Å². The number of amides is 2. The van der Waals surface area contributed by atoms with Crippen LogP contribution in [0.5, 0.6) is 5.75 Å². The number of nitrogens with zero attached hydrogens (tertiary/aromatic N) is 5. The monoisotopic (exact) mass is 547 g/mol. The first kappa shape index (κ1) is 28.3. The van der Waals surface area contributed by atoms with Gasteiger partial charge in [0.1, 0.15) is 18.0 Å². The first-order chi connectivity index (χ1) is 18.1. The lowest BCUT2D eigenvalue weighted by molar-refractivity contribution is -0.166. The van der Waals surface area contributed by atoms with Crippen molar-refractivity contribution in [3.8, 4) is 5.75 Å². The average molecular weight is 548 g/mol. The SMILES string of the molecule is Cc1cc(OC[C@]2(CC(=O)N3CCN(C)CC3)CN(C(=O)CCc3nnc(C(C)C)o3)CCO2)ccc1Cl. The van der Waals surface area contributed by atoms with Gasteiger partial charge in [-0.3, -0.25) is 9.59 Å². The highest BCUT2D eigenvalue weighted by Crippen LogP contribution is 2.28. The number of ether oxygens (including phenoxy) is 2. The molecule has 2 saturated heterocycles. The van der Waals surface area contributed by atoms with Crippen molar-refractivity contribution in [2.45, 2.75) is 51.6 Å². The van der Waals surface area contributed by atoms with Crippen LogP contribution < -0.4 is 4.74 Å².